The molecule has 1 aromatic rings. The molecule has 0 aliphatic heterocycles. The van der Waals surface area contributed by atoms with Crippen molar-refractivity contribution in [1.29, 1.82) is 0 Å². The van der Waals surface area contributed by atoms with Gasteiger partial charge in [-0.1, -0.05) is 38.3 Å². The lowest BCUT2D eigenvalue weighted by Crippen LogP contribution is -2.13. The zero-order valence-electron chi connectivity index (χ0n) is 12.6. The minimum atomic E-state index is -0.473. The normalized spacial score (nSPS) is 12.2. The van der Waals surface area contributed by atoms with Crippen molar-refractivity contribution in [2.75, 3.05) is 7.11 Å². The number of aliphatic hydroxyl groups excluding tert-OH is 1. The van der Waals surface area contributed by atoms with Gasteiger partial charge in [0.2, 0.25) is 0 Å². The van der Waals surface area contributed by atoms with Crippen molar-refractivity contribution in [2.24, 2.45) is 0 Å². The maximum Gasteiger partial charge on any atom is 0.135 e. The second-order valence-electron chi connectivity index (χ2n) is 5.24. The molecule has 0 aromatic heterocycles. The Morgan fingerprint density at radius 2 is 2.15 bits per heavy atom. The molecule has 112 valence electrons. The number of hydrogen-bond donors (Lipinski definition) is 1. The SMILES string of the molecule is CCCCCC(O)CC(=O)CCc1cccc(OC)c1. The summed E-state index contributed by atoms with van der Waals surface area (Å²) in [6.07, 6.45) is 4.99. The predicted molar refractivity (Wildman–Crippen MR) is 81.1 cm³/mol. The molecule has 0 fully saturated rings. The van der Waals surface area contributed by atoms with Crippen LogP contribution in [-0.4, -0.2) is 24.1 Å². The van der Waals surface area contributed by atoms with Crippen LogP contribution in [0.5, 0.6) is 5.75 Å². The number of rotatable bonds is 10. The molecule has 1 N–H and O–H groups in total. The number of Topliss-reactive ketones (excluding diaryl/α,β-unsaturated/α-hetero) is 1. The summed E-state index contributed by atoms with van der Waals surface area (Å²) in [6.45, 7) is 2.13. The van der Waals surface area contributed by atoms with E-state index in [0.29, 0.717) is 12.8 Å². The third-order valence-electron chi connectivity index (χ3n) is 3.43. The van der Waals surface area contributed by atoms with Gasteiger partial charge in [-0.05, 0) is 30.5 Å². The van der Waals surface area contributed by atoms with E-state index >= 15 is 0 Å². The number of carbonyl (C=O) groups is 1. The fraction of sp³-hybridized carbons (Fsp3) is 0.588. The van der Waals surface area contributed by atoms with Gasteiger partial charge in [-0.2, -0.15) is 0 Å². The lowest BCUT2D eigenvalue weighted by atomic mass is 10.0. The van der Waals surface area contributed by atoms with Gasteiger partial charge in [-0.25, -0.2) is 0 Å². The Bertz CT molecular complexity index is 401. The molecule has 1 aromatic carbocycles. The highest BCUT2D eigenvalue weighted by atomic mass is 16.5. The van der Waals surface area contributed by atoms with Crippen LogP contribution < -0.4 is 4.74 Å². The van der Waals surface area contributed by atoms with Gasteiger partial charge >= 0.3 is 0 Å². The molecule has 0 saturated carbocycles. The van der Waals surface area contributed by atoms with Crippen molar-refractivity contribution in [3.8, 4) is 5.75 Å². The highest BCUT2D eigenvalue weighted by molar-refractivity contribution is 5.79. The Labute approximate surface area is 122 Å². The molecule has 3 nitrogen and oxygen atoms in total. The van der Waals surface area contributed by atoms with Crippen LogP contribution in [0.3, 0.4) is 0 Å². The number of aliphatic hydroxyl groups is 1. The number of carbonyl (C=O) groups excluding carboxylic acids is 1. The predicted octanol–water partition coefficient (Wildman–Crippen LogP) is 3.53. The Morgan fingerprint density at radius 3 is 2.85 bits per heavy atom. The van der Waals surface area contributed by atoms with Gasteiger partial charge in [0.25, 0.3) is 0 Å². The third kappa shape index (κ3) is 6.71. The third-order valence-corrected chi connectivity index (χ3v) is 3.43. The zero-order chi connectivity index (χ0) is 14.8. The van der Waals surface area contributed by atoms with Crippen LogP contribution in [0, 0.1) is 0 Å². The Balaban J connectivity index is 2.28. The van der Waals surface area contributed by atoms with Gasteiger partial charge in [0.1, 0.15) is 11.5 Å². The zero-order valence-corrected chi connectivity index (χ0v) is 12.6. The van der Waals surface area contributed by atoms with E-state index in [1.54, 1.807) is 7.11 Å². The molecule has 1 unspecified atom stereocenters. The number of unbranched alkanes of at least 4 members (excludes halogenated alkanes) is 2. The number of ether oxygens (including phenoxy) is 1. The summed E-state index contributed by atoms with van der Waals surface area (Å²) in [7, 11) is 1.64. The number of benzene rings is 1. The van der Waals surface area contributed by atoms with Crippen LogP contribution in [0.25, 0.3) is 0 Å². The molecule has 1 atom stereocenters. The molecule has 0 heterocycles. The van der Waals surface area contributed by atoms with E-state index in [0.717, 1.165) is 37.0 Å². The lowest BCUT2D eigenvalue weighted by Gasteiger charge is -2.09. The van der Waals surface area contributed by atoms with E-state index in [1.807, 2.05) is 24.3 Å². The van der Waals surface area contributed by atoms with Crippen LogP contribution >= 0.6 is 0 Å². The molecule has 0 saturated heterocycles. The summed E-state index contributed by atoms with van der Waals surface area (Å²) in [6, 6.07) is 7.76. The molecule has 0 aliphatic rings. The van der Waals surface area contributed by atoms with Crippen molar-refractivity contribution in [2.45, 2.75) is 58.0 Å². The van der Waals surface area contributed by atoms with Crippen molar-refractivity contribution in [3.63, 3.8) is 0 Å². The summed E-state index contributed by atoms with van der Waals surface area (Å²) in [5, 5.41) is 9.78. The number of aryl methyl sites for hydroxylation is 1. The highest BCUT2D eigenvalue weighted by Gasteiger charge is 2.10. The first-order valence-electron chi connectivity index (χ1n) is 7.48. The van der Waals surface area contributed by atoms with E-state index in [-0.39, 0.29) is 12.2 Å². The molecule has 0 aliphatic carbocycles. The summed E-state index contributed by atoms with van der Waals surface area (Å²) < 4.78 is 5.16. The first-order valence-corrected chi connectivity index (χ1v) is 7.48. The molecule has 0 amide bonds. The summed E-state index contributed by atoms with van der Waals surface area (Å²) in [5.41, 5.74) is 1.10. The van der Waals surface area contributed by atoms with Crippen LogP contribution in [0.15, 0.2) is 24.3 Å². The van der Waals surface area contributed by atoms with Gasteiger partial charge < -0.3 is 9.84 Å². The van der Waals surface area contributed by atoms with E-state index in [9.17, 15) is 9.90 Å². The van der Waals surface area contributed by atoms with Crippen LogP contribution in [0.4, 0.5) is 0 Å². The molecule has 0 bridgehead atoms. The minimum Gasteiger partial charge on any atom is -0.497 e. The smallest absolute Gasteiger partial charge is 0.135 e. The Morgan fingerprint density at radius 1 is 1.35 bits per heavy atom. The average Bonchev–Trinajstić information content (AvgIpc) is 2.45. The number of methoxy groups -OCH3 is 1. The first-order chi connectivity index (χ1) is 9.65. The van der Waals surface area contributed by atoms with Crippen LogP contribution in [0.1, 0.15) is 51.0 Å². The highest BCUT2D eigenvalue weighted by Crippen LogP contribution is 2.15. The molecule has 20 heavy (non-hydrogen) atoms. The van der Waals surface area contributed by atoms with E-state index in [2.05, 4.69) is 6.92 Å². The molecule has 0 spiro atoms. The van der Waals surface area contributed by atoms with Gasteiger partial charge in [0, 0.05) is 12.8 Å². The maximum absolute atomic E-state index is 11.8. The van der Waals surface area contributed by atoms with Crippen molar-refractivity contribution >= 4 is 5.78 Å². The standard InChI is InChI=1S/C17H26O3/c1-3-4-5-8-15(18)13-16(19)11-10-14-7-6-9-17(12-14)20-2/h6-7,9,12,15,18H,3-5,8,10-11,13H2,1-2H3. The summed E-state index contributed by atoms with van der Waals surface area (Å²) in [5.74, 6) is 0.950. The monoisotopic (exact) mass is 278 g/mol. The van der Waals surface area contributed by atoms with Crippen molar-refractivity contribution in [3.05, 3.63) is 29.8 Å². The molecular formula is C17H26O3. The number of hydrogen-bond acceptors (Lipinski definition) is 3. The van der Waals surface area contributed by atoms with Gasteiger partial charge in [-0.3, -0.25) is 4.79 Å². The van der Waals surface area contributed by atoms with E-state index in [4.69, 9.17) is 4.74 Å². The first kappa shape index (κ1) is 16.7. The molecule has 3 heteroatoms. The second-order valence-corrected chi connectivity index (χ2v) is 5.24. The second kappa shape index (κ2) is 9.54. The van der Waals surface area contributed by atoms with Gasteiger partial charge in [0.05, 0.1) is 13.2 Å². The van der Waals surface area contributed by atoms with Crippen molar-refractivity contribution in [1.82, 2.24) is 0 Å². The van der Waals surface area contributed by atoms with E-state index in [1.165, 1.54) is 0 Å². The minimum absolute atomic E-state index is 0.136. The summed E-state index contributed by atoms with van der Waals surface area (Å²) >= 11 is 0. The topological polar surface area (TPSA) is 46.5 Å². The van der Waals surface area contributed by atoms with E-state index < -0.39 is 6.10 Å². The number of ketones is 1. The quantitative estimate of drug-likeness (QED) is 0.666. The fourth-order valence-electron chi connectivity index (χ4n) is 2.21. The molecule has 0 radical (unpaired) electrons. The maximum atomic E-state index is 11.8. The van der Waals surface area contributed by atoms with Crippen molar-refractivity contribution < 1.29 is 14.6 Å². The van der Waals surface area contributed by atoms with Crippen LogP contribution in [0.2, 0.25) is 0 Å². The summed E-state index contributed by atoms with van der Waals surface area (Å²) in [4.78, 5) is 11.8. The largest absolute Gasteiger partial charge is 0.497 e. The average molecular weight is 278 g/mol. The van der Waals surface area contributed by atoms with Gasteiger partial charge in [-0.15, -0.1) is 0 Å². The molecular weight excluding hydrogens is 252 g/mol. The fourth-order valence-corrected chi connectivity index (χ4v) is 2.21. The lowest BCUT2D eigenvalue weighted by molar-refractivity contribution is -0.121. The molecule has 1 rings (SSSR count). The van der Waals surface area contributed by atoms with Crippen LogP contribution in [-0.2, 0) is 11.2 Å². The van der Waals surface area contributed by atoms with Gasteiger partial charge in [0.15, 0.2) is 0 Å². The Hall–Kier alpha value is -1.35. The Kier molecular flexibility index (Phi) is 7.97.